The second-order valence-corrected chi connectivity index (χ2v) is 6.86. The first-order valence-electron chi connectivity index (χ1n) is 8.68. The molecule has 0 fully saturated rings. The van der Waals surface area contributed by atoms with E-state index in [4.69, 9.17) is 36.4 Å². The molecule has 0 bridgehead atoms. The van der Waals surface area contributed by atoms with Crippen molar-refractivity contribution >= 4 is 29.2 Å². The molecule has 0 aliphatic heterocycles. The Morgan fingerprint density at radius 1 is 1.12 bits per heavy atom. The number of carboxylic acids is 1. The Bertz CT molecular complexity index is 1010. The molecule has 1 unspecified atom stereocenters. The quantitative estimate of drug-likeness (QED) is 0.334. The lowest BCUT2D eigenvalue weighted by Gasteiger charge is -2.23. The number of ether oxygens (including phenoxy) is 2. The van der Waals surface area contributed by atoms with E-state index in [-0.39, 0.29) is 22.3 Å². The normalized spacial score (nSPS) is 12.8. The van der Waals surface area contributed by atoms with Crippen LogP contribution in [0.5, 0.6) is 17.2 Å². The summed E-state index contributed by atoms with van der Waals surface area (Å²) in [6.07, 6.45) is -8.59. The molecule has 13 heteroatoms. The SMILES string of the molecule is CC(Oc1ccccc1Oc1cc(NC(=O)CC(O)(O)C(F)(F)F)c(F)cc1Cl)C(=O)O. The summed E-state index contributed by atoms with van der Waals surface area (Å²) in [6, 6.07) is 7.32. The van der Waals surface area contributed by atoms with Gasteiger partial charge in [0.15, 0.2) is 17.6 Å². The summed E-state index contributed by atoms with van der Waals surface area (Å²) in [5.74, 6) is -8.59. The van der Waals surface area contributed by atoms with Crippen molar-refractivity contribution in [2.24, 2.45) is 0 Å². The molecule has 1 amide bonds. The third-order valence-corrected chi connectivity index (χ3v) is 4.17. The van der Waals surface area contributed by atoms with Crippen molar-refractivity contribution < 1.29 is 51.9 Å². The topological polar surface area (TPSA) is 125 Å². The van der Waals surface area contributed by atoms with Gasteiger partial charge in [0.05, 0.1) is 17.1 Å². The molecule has 0 aliphatic rings. The maximum atomic E-state index is 14.1. The summed E-state index contributed by atoms with van der Waals surface area (Å²) in [5.41, 5.74) is -0.662. The van der Waals surface area contributed by atoms with E-state index in [9.17, 15) is 27.2 Å². The average Bonchev–Trinajstić information content (AvgIpc) is 2.65. The number of aliphatic carboxylic acids is 1. The first kappa shape index (κ1) is 25.2. The van der Waals surface area contributed by atoms with Gasteiger partial charge in [-0.15, -0.1) is 0 Å². The molecule has 174 valence electrons. The Morgan fingerprint density at radius 2 is 1.72 bits per heavy atom. The number of carbonyl (C=O) groups is 2. The number of rotatable bonds is 8. The van der Waals surface area contributed by atoms with E-state index >= 15 is 0 Å². The van der Waals surface area contributed by atoms with E-state index in [2.05, 4.69) is 0 Å². The van der Waals surface area contributed by atoms with Crippen molar-refractivity contribution in [1.82, 2.24) is 0 Å². The molecule has 0 radical (unpaired) electrons. The van der Waals surface area contributed by atoms with Crippen molar-refractivity contribution in [1.29, 1.82) is 0 Å². The summed E-state index contributed by atoms with van der Waals surface area (Å²) in [5, 5.41) is 28.4. The number of nitrogens with one attached hydrogen (secondary N) is 1. The predicted octanol–water partition coefficient (Wildman–Crippen LogP) is 3.70. The van der Waals surface area contributed by atoms with Crippen molar-refractivity contribution in [3.05, 3.63) is 47.2 Å². The second-order valence-electron chi connectivity index (χ2n) is 6.45. The number of para-hydroxylation sites is 2. The number of anilines is 1. The van der Waals surface area contributed by atoms with Crippen LogP contribution in [0.1, 0.15) is 13.3 Å². The molecule has 32 heavy (non-hydrogen) atoms. The van der Waals surface area contributed by atoms with Crippen LogP contribution in [0.3, 0.4) is 0 Å². The summed E-state index contributed by atoms with van der Waals surface area (Å²) in [6.45, 7) is 1.26. The summed E-state index contributed by atoms with van der Waals surface area (Å²) in [4.78, 5) is 22.8. The number of carbonyl (C=O) groups excluding carboxylic acids is 1. The fourth-order valence-electron chi connectivity index (χ4n) is 2.21. The van der Waals surface area contributed by atoms with Crippen LogP contribution in [-0.4, -0.2) is 45.3 Å². The van der Waals surface area contributed by atoms with Gasteiger partial charge in [-0.05, 0) is 25.1 Å². The van der Waals surface area contributed by atoms with E-state index in [0.717, 1.165) is 6.07 Å². The lowest BCUT2D eigenvalue weighted by Crippen LogP contribution is -2.47. The molecular formula is C19H16ClF4NO7. The number of alkyl halides is 3. The van der Waals surface area contributed by atoms with Crippen molar-refractivity contribution in [3.8, 4) is 17.2 Å². The number of amides is 1. The van der Waals surface area contributed by atoms with E-state index in [1.54, 1.807) is 5.32 Å². The van der Waals surface area contributed by atoms with Gasteiger partial charge in [-0.1, -0.05) is 23.7 Å². The molecular weight excluding hydrogens is 466 g/mol. The Labute approximate surface area is 182 Å². The smallest absolute Gasteiger partial charge is 0.443 e. The number of hydrogen-bond acceptors (Lipinski definition) is 6. The van der Waals surface area contributed by atoms with E-state index in [1.165, 1.54) is 31.2 Å². The molecule has 0 aromatic heterocycles. The maximum Gasteiger partial charge on any atom is 0.443 e. The molecule has 0 saturated heterocycles. The summed E-state index contributed by atoms with van der Waals surface area (Å²) < 4.78 is 62.4. The number of hydrogen-bond donors (Lipinski definition) is 4. The van der Waals surface area contributed by atoms with Crippen molar-refractivity contribution in [3.63, 3.8) is 0 Å². The zero-order valence-corrected chi connectivity index (χ0v) is 16.9. The zero-order chi connectivity index (χ0) is 24.3. The molecule has 8 nitrogen and oxygen atoms in total. The molecule has 1 atom stereocenters. The van der Waals surface area contributed by atoms with E-state index in [1.807, 2.05) is 0 Å². The Kier molecular flexibility index (Phi) is 7.54. The highest BCUT2D eigenvalue weighted by molar-refractivity contribution is 6.32. The van der Waals surface area contributed by atoms with Gasteiger partial charge in [-0.3, -0.25) is 4.79 Å². The Hall–Kier alpha value is -3.09. The molecule has 0 heterocycles. The second kappa shape index (κ2) is 9.59. The number of benzene rings is 2. The maximum absolute atomic E-state index is 14.1. The van der Waals surface area contributed by atoms with Gasteiger partial charge in [0.25, 0.3) is 5.79 Å². The average molecular weight is 482 g/mol. The number of carboxylic acid groups (broad SMARTS) is 1. The standard InChI is InChI=1S/C19H16ClF4NO7/c1-9(17(27)28)31-13-4-2-3-5-14(13)32-15-7-12(11(21)6-10(15)20)25-16(26)8-18(29,30)19(22,23)24/h2-7,9,29-30H,8H2,1H3,(H,25,26)(H,27,28). The van der Waals surface area contributed by atoms with Crippen LogP contribution < -0.4 is 14.8 Å². The first-order chi connectivity index (χ1) is 14.7. The van der Waals surface area contributed by atoms with Gasteiger partial charge in [0, 0.05) is 6.07 Å². The van der Waals surface area contributed by atoms with Gasteiger partial charge in [-0.25, -0.2) is 9.18 Å². The van der Waals surface area contributed by atoms with Gasteiger partial charge in [0.2, 0.25) is 5.91 Å². The van der Waals surface area contributed by atoms with Crippen LogP contribution in [0.4, 0.5) is 23.2 Å². The fraction of sp³-hybridized carbons (Fsp3) is 0.263. The highest BCUT2D eigenvalue weighted by Gasteiger charge is 2.54. The van der Waals surface area contributed by atoms with Crippen LogP contribution in [0, 0.1) is 5.82 Å². The van der Waals surface area contributed by atoms with Gasteiger partial charge in [0.1, 0.15) is 11.6 Å². The van der Waals surface area contributed by atoms with E-state index in [0.29, 0.717) is 6.07 Å². The molecule has 2 aromatic carbocycles. The zero-order valence-electron chi connectivity index (χ0n) is 16.1. The molecule has 0 spiro atoms. The minimum Gasteiger partial charge on any atom is -0.479 e. The van der Waals surface area contributed by atoms with E-state index < -0.39 is 47.9 Å². The number of aliphatic hydroxyl groups is 2. The first-order valence-corrected chi connectivity index (χ1v) is 9.06. The monoisotopic (exact) mass is 481 g/mol. The number of halogens is 5. The van der Waals surface area contributed by atoms with Gasteiger partial charge < -0.3 is 30.1 Å². The van der Waals surface area contributed by atoms with Crippen molar-refractivity contribution in [2.45, 2.75) is 31.4 Å². The molecule has 0 aliphatic carbocycles. The third-order valence-electron chi connectivity index (χ3n) is 3.88. The predicted molar refractivity (Wildman–Crippen MR) is 102 cm³/mol. The molecule has 0 saturated carbocycles. The summed E-state index contributed by atoms with van der Waals surface area (Å²) >= 11 is 5.92. The minimum atomic E-state index is -5.52. The van der Waals surface area contributed by atoms with Crippen LogP contribution in [-0.2, 0) is 9.59 Å². The molecule has 2 rings (SSSR count). The van der Waals surface area contributed by atoms with Crippen LogP contribution in [0.15, 0.2) is 36.4 Å². The van der Waals surface area contributed by atoms with Crippen LogP contribution in [0.25, 0.3) is 0 Å². The van der Waals surface area contributed by atoms with Crippen LogP contribution >= 0.6 is 11.6 Å². The van der Waals surface area contributed by atoms with Gasteiger partial charge in [-0.2, -0.15) is 13.2 Å². The molecule has 4 N–H and O–H groups in total. The minimum absolute atomic E-state index is 0.0103. The lowest BCUT2D eigenvalue weighted by atomic mass is 10.1. The highest BCUT2D eigenvalue weighted by atomic mass is 35.5. The van der Waals surface area contributed by atoms with Gasteiger partial charge >= 0.3 is 12.1 Å². The summed E-state index contributed by atoms with van der Waals surface area (Å²) in [7, 11) is 0. The molecule has 2 aromatic rings. The Balaban J connectivity index is 2.27. The lowest BCUT2D eigenvalue weighted by molar-refractivity contribution is -0.347. The third kappa shape index (κ3) is 6.22. The largest absolute Gasteiger partial charge is 0.479 e. The fourth-order valence-corrected chi connectivity index (χ4v) is 2.40. The highest BCUT2D eigenvalue weighted by Crippen LogP contribution is 2.38. The Morgan fingerprint density at radius 3 is 2.28 bits per heavy atom. The van der Waals surface area contributed by atoms with Crippen LogP contribution in [0.2, 0.25) is 5.02 Å². The van der Waals surface area contributed by atoms with Crippen molar-refractivity contribution in [2.75, 3.05) is 5.32 Å².